The molecule has 0 fully saturated rings. The number of rotatable bonds is 8. The van der Waals surface area contributed by atoms with Gasteiger partial charge >= 0.3 is 6.18 Å². The van der Waals surface area contributed by atoms with Crippen LogP contribution in [0.2, 0.25) is 0 Å². The minimum absolute atomic E-state index is 0.104. The van der Waals surface area contributed by atoms with Crippen LogP contribution in [0.25, 0.3) is 11.4 Å². The largest absolute Gasteiger partial charge is 0.497 e. The Hall–Kier alpha value is -3.73. The monoisotopic (exact) mass is 488 g/mol. The number of aryl methyl sites for hydroxylation is 1. The number of anilines is 1. The molecule has 34 heavy (non-hydrogen) atoms. The Bertz CT molecular complexity index is 1270. The molecule has 1 amide bonds. The average molecular weight is 488 g/mol. The smallest absolute Gasteiger partial charge is 0.416 e. The van der Waals surface area contributed by atoms with E-state index in [1.165, 1.54) is 17.4 Å². The van der Waals surface area contributed by atoms with E-state index < -0.39 is 11.7 Å². The predicted octanol–water partition coefficient (Wildman–Crippen LogP) is 5.38. The van der Waals surface area contributed by atoms with Crippen LogP contribution in [-0.4, -0.2) is 28.1 Å². The van der Waals surface area contributed by atoms with E-state index >= 15 is 0 Å². The molecule has 1 N–H and O–H groups in total. The molecule has 0 saturated carbocycles. The van der Waals surface area contributed by atoms with Crippen LogP contribution in [-0.2, 0) is 23.8 Å². The Kier molecular flexibility index (Phi) is 6.92. The Balaban J connectivity index is 1.29. The van der Waals surface area contributed by atoms with Crippen LogP contribution in [0.15, 0.2) is 59.3 Å². The number of hydrogen-bond acceptors (Lipinski definition) is 7. The first-order valence-corrected chi connectivity index (χ1v) is 11.0. The number of nitrogens with zero attached hydrogens (tertiary/aromatic N) is 3. The summed E-state index contributed by atoms with van der Waals surface area (Å²) >= 11 is 1.21. The molecule has 7 nitrogen and oxygen atoms in total. The molecule has 0 radical (unpaired) electrons. The molecule has 0 aliphatic carbocycles. The highest BCUT2D eigenvalue weighted by Crippen LogP contribution is 2.30. The third-order valence-corrected chi connectivity index (χ3v) is 5.73. The van der Waals surface area contributed by atoms with Gasteiger partial charge in [-0.3, -0.25) is 4.79 Å². The normalized spacial score (nSPS) is 11.4. The van der Waals surface area contributed by atoms with Gasteiger partial charge in [0.25, 0.3) is 0 Å². The molecule has 2 aromatic carbocycles. The van der Waals surface area contributed by atoms with Gasteiger partial charge in [-0.15, -0.1) is 11.3 Å². The molecule has 0 saturated heterocycles. The highest BCUT2D eigenvalue weighted by atomic mass is 32.1. The Labute approximate surface area is 196 Å². The third-order valence-electron chi connectivity index (χ3n) is 4.81. The van der Waals surface area contributed by atoms with E-state index in [1.54, 1.807) is 43.6 Å². The summed E-state index contributed by atoms with van der Waals surface area (Å²) < 4.78 is 49.0. The van der Waals surface area contributed by atoms with Gasteiger partial charge in [-0.1, -0.05) is 23.4 Å². The minimum Gasteiger partial charge on any atom is -0.497 e. The lowest BCUT2D eigenvalue weighted by atomic mass is 10.1. The van der Waals surface area contributed by atoms with E-state index in [4.69, 9.17) is 9.26 Å². The first-order valence-electron chi connectivity index (χ1n) is 10.2. The van der Waals surface area contributed by atoms with Crippen molar-refractivity contribution in [3.05, 3.63) is 76.6 Å². The van der Waals surface area contributed by atoms with Crippen molar-refractivity contribution in [2.75, 3.05) is 12.4 Å². The van der Waals surface area contributed by atoms with Crippen LogP contribution < -0.4 is 10.1 Å². The van der Waals surface area contributed by atoms with Crippen molar-refractivity contribution in [3.63, 3.8) is 0 Å². The number of amides is 1. The second kappa shape index (κ2) is 10.0. The first kappa shape index (κ1) is 23.4. The summed E-state index contributed by atoms with van der Waals surface area (Å²) in [5.74, 6) is 1.16. The van der Waals surface area contributed by atoms with E-state index in [2.05, 4.69) is 20.4 Å². The van der Waals surface area contributed by atoms with Crippen LogP contribution in [0.3, 0.4) is 0 Å². The number of halogens is 3. The van der Waals surface area contributed by atoms with Gasteiger partial charge in [0.1, 0.15) is 5.75 Å². The van der Waals surface area contributed by atoms with Crippen molar-refractivity contribution in [1.82, 2.24) is 15.1 Å². The van der Waals surface area contributed by atoms with Crippen LogP contribution in [0, 0.1) is 0 Å². The number of ether oxygens (including phenoxy) is 1. The van der Waals surface area contributed by atoms with E-state index in [-0.39, 0.29) is 25.2 Å². The van der Waals surface area contributed by atoms with Crippen molar-refractivity contribution in [3.8, 4) is 17.1 Å². The molecule has 0 aliphatic heterocycles. The SMILES string of the molecule is COc1ccc(-c2noc(CCC(=O)Nc3ncc(Cc4cccc(C(F)(F)F)c4)s3)n2)cc1. The number of nitrogens with one attached hydrogen (secondary N) is 1. The van der Waals surface area contributed by atoms with E-state index in [0.29, 0.717) is 28.2 Å². The standard InChI is InChI=1S/C23H19F3N4O3S/c1-32-17-7-5-15(6-8-17)21-29-20(33-30-21)10-9-19(31)28-22-27-13-18(34-22)12-14-3-2-4-16(11-14)23(24,25)26/h2-8,11,13H,9-10,12H2,1H3,(H,27,28,31). The molecule has 11 heteroatoms. The maximum absolute atomic E-state index is 12.9. The number of methoxy groups -OCH3 is 1. The van der Waals surface area contributed by atoms with Crippen molar-refractivity contribution >= 4 is 22.4 Å². The number of thiazole rings is 1. The van der Waals surface area contributed by atoms with Crippen molar-refractivity contribution in [2.45, 2.75) is 25.4 Å². The number of carbonyl (C=O) groups excluding carboxylic acids is 1. The van der Waals surface area contributed by atoms with Crippen molar-refractivity contribution in [1.29, 1.82) is 0 Å². The summed E-state index contributed by atoms with van der Waals surface area (Å²) in [5, 5.41) is 6.99. The quantitative estimate of drug-likeness (QED) is 0.358. The molecule has 0 unspecified atom stereocenters. The number of hydrogen-bond donors (Lipinski definition) is 1. The molecule has 0 bridgehead atoms. The Morgan fingerprint density at radius 2 is 1.97 bits per heavy atom. The summed E-state index contributed by atoms with van der Waals surface area (Å²) in [5.41, 5.74) is 0.580. The van der Waals surface area contributed by atoms with Crippen molar-refractivity contribution < 1.29 is 27.2 Å². The van der Waals surface area contributed by atoms with Gasteiger partial charge in [-0.25, -0.2) is 4.98 Å². The molecular formula is C23H19F3N4O3S. The van der Waals surface area contributed by atoms with Gasteiger partial charge in [0.05, 0.1) is 12.7 Å². The minimum atomic E-state index is -4.39. The lowest BCUT2D eigenvalue weighted by Gasteiger charge is -2.07. The van der Waals surface area contributed by atoms with Crippen LogP contribution >= 0.6 is 11.3 Å². The number of alkyl halides is 3. The first-order chi connectivity index (χ1) is 16.3. The molecule has 4 rings (SSSR count). The predicted molar refractivity (Wildman–Crippen MR) is 120 cm³/mol. The molecule has 0 spiro atoms. The van der Waals surface area contributed by atoms with Crippen molar-refractivity contribution in [2.24, 2.45) is 0 Å². The maximum Gasteiger partial charge on any atom is 0.416 e. The Morgan fingerprint density at radius 3 is 2.71 bits per heavy atom. The molecule has 2 aromatic heterocycles. The zero-order chi connectivity index (χ0) is 24.1. The Morgan fingerprint density at radius 1 is 1.18 bits per heavy atom. The molecule has 0 atom stereocenters. The second-order valence-electron chi connectivity index (χ2n) is 7.30. The number of carbonyl (C=O) groups is 1. The molecular weight excluding hydrogens is 469 g/mol. The van der Waals surface area contributed by atoms with E-state index in [9.17, 15) is 18.0 Å². The van der Waals surface area contributed by atoms with E-state index in [1.807, 2.05) is 0 Å². The van der Waals surface area contributed by atoms with Gasteiger partial charge in [0.2, 0.25) is 17.6 Å². The summed E-state index contributed by atoms with van der Waals surface area (Å²) in [4.78, 5) is 21.5. The average Bonchev–Trinajstić information content (AvgIpc) is 3.47. The topological polar surface area (TPSA) is 90.1 Å². The zero-order valence-electron chi connectivity index (χ0n) is 17.9. The van der Waals surface area contributed by atoms with Gasteiger partial charge in [-0.05, 0) is 35.9 Å². The fourth-order valence-electron chi connectivity index (χ4n) is 3.12. The van der Waals surface area contributed by atoms with Gasteiger partial charge < -0.3 is 14.6 Å². The van der Waals surface area contributed by atoms with Crippen LogP contribution in [0.4, 0.5) is 18.3 Å². The lowest BCUT2D eigenvalue weighted by Crippen LogP contribution is -2.12. The summed E-state index contributed by atoms with van der Waals surface area (Å²) in [6, 6.07) is 12.3. The zero-order valence-corrected chi connectivity index (χ0v) is 18.7. The summed E-state index contributed by atoms with van der Waals surface area (Å²) in [7, 11) is 1.58. The van der Waals surface area contributed by atoms with Crippen LogP contribution in [0.1, 0.15) is 28.3 Å². The summed E-state index contributed by atoms with van der Waals surface area (Å²) in [6.45, 7) is 0. The third kappa shape index (κ3) is 5.98. The lowest BCUT2D eigenvalue weighted by molar-refractivity contribution is -0.137. The van der Waals surface area contributed by atoms with E-state index in [0.717, 1.165) is 22.6 Å². The molecule has 176 valence electrons. The maximum atomic E-state index is 12.9. The summed E-state index contributed by atoms with van der Waals surface area (Å²) in [6.07, 6.45) is -2.21. The molecule has 0 aliphatic rings. The van der Waals surface area contributed by atoms with Crippen LogP contribution in [0.5, 0.6) is 5.75 Å². The van der Waals surface area contributed by atoms with Gasteiger partial charge in [0, 0.05) is 35.9 Å². The fourth-order valence-corrected chi connectivity index (χ4v) is 3.98. The highest BCUT2D eigenvalue weighted by molar-refractivity contribution is 7.15. The van der Waals surface area contributed by atoms with Gasteiger partial charge in [0.15, 0.2) is 5.13 Å². The van der Waals surface area contributed by atoms with Gasteiger partial charge in [-0.2, -0.15) is 18.2 Å². The number of aromatic nitrogens is 3. The molecule has 2 heterocycles. The second-order valence-corrected chi connectivity index (χ2v) is 8.41. The fraction of sp³-hybridized carbons (Fsp3) is 0.217. The molecule has 4 aromatic rings. The highest BCUT2D eigenvalue weighted by Gasteiger charge is 2.30. The number of benzene rings is 2.